The van der Waals surface area contributed by atoms with Crippen LogP contribution in [0.3, 0.4) is 0 Å². The fourth-order valence-electron chi connectivity index (χ4n) is 2.86. The quantitative estimate of drug-likeness (QED) is 0.601. The van der Waals surface area contributed by atoms with Crippen molar-refractivity contribution in [3.63, 3.8) is 0 Å². The van der Waals surface area contributed by atoms with Crippen molar-refractivity contribution in [1.82, 2.24) is 15.2 Å². The summed E-state index contributed by atoms with van der Waals surface area (Å²) in [4.78, 5) is 4.51. The highest BCUT2D eigenvalue weighted by Gasteiger charge is 2.08. The largest absolute Gasteiger partial charge is 0.493 e. The van der Waals surface area contributed by atoms with Crippen molar-refractivity contribution >= 4 is 17.5 Å². The fourth-order valence-corrected chi connectivity index (χ4v) is 2.86. The summed E-state index contributed by atoms with van der Waals surface area (Å²) >= 11 is 0. The topological polar surface area (TPSA) is 81.2 Å². The van der Waals surface area contributed by atoms with Gasteiger partial charge in [-0.25, -0.2) is 0 Å². The van der Waals surface area contributed by atoms with Crippen molar-refractivity contribution in [3.05, 3.63) is 59.8 Å². The van der Waals surface area contributed by atoms with E-state index in [0.29, 0.717) is 35.7 Å². The molecule has 0 radical (unpaired) electrons. The Morgan fingerprint density at radius 1 is 1.00 bits per heavy atom. The molecule has 0 spiro atoms. The van der Waals surface area contributed by atoms with E-state index in [2.05, 4.69) is 45.7 Å². The predicted octanol–water partition coefficient (Wildman–Crippen LogP) is 4.37. The van der Waals surface area contributed by atoms with E-state index in [4.69, 9.17) is 9.47 Å². The number of nitrogens with one attached hydrogen (secondary N) is 2. The van der Waals surface area contributed by atoms with Gasteiger partial charge in [-0.3, -0.25) is 0 Å². The van der Waals surface area contributed by atoms with Gasteiger partial charge in [-0.05, 0) is 35.2 Å². The Balaban J connectivity index is 1.71. The monoisotopic (exact) mass is 379 g/mol. The molecule has 28 heavy (non-hydrogen) atoms. The Morgan fingerprint density at radius 2 is 1.79 bits per heavy atom. The molecule has 0 atom stereocenters. The van der Waals surface area contributed by atoms with Crippen LogP contribution in [0.2, 0.25) is 0 Å². The Bertz CT molecular complexity index is 930. The molecular weight excluding hydrogens is 354 g/mol. The Kier molecular flexibility index (Phi) is 6.26. The van der Waals surface area contributed by atoms with Gasteiger partial charge in [0.05, 0.1) is 20.4 Å². The number of anilines is 3. The summed E-state index contributed by atoms with van der Waals surface area (Å²) in [5, 5.41) is 14.6. The average Bonchev–Trinajstić information content (AvgIpc) is 2.72. The highest BCUT2D eigenvalue weighted by Crippen LogP contribution is 2.28. The summed E-state index contributed by atoms with van der Waals surface area (Å²) in [5.74, 6) is 2.86. The van der Waals surface area contributed by atoms with Crippen molar-refractivity contribution in [2.75, 3.05) is 24.9 Å². The number of aromatic nitrogens is 3. The van der Waals surface area contributed by atoms with Crippen molar-refractivity contribution in [2.45, 2.75) is 26.3 Å². The summed E-state index contributed by atoms with van der Waals surface area (Å²) in [7, 11) is 3.23. The number of para-hydroxylation sites is 1. The molecule has 0 amide bonds. The van der Waals surface area contributed by atoms with Crippen LogP contribution in [0.25, 0.3) is 0 Å². The number of hydrogen-bond donors (Lipinski definition) is 2. The van der Waals surface area contributed by atoms with Crippen LogP contribution >= 0.6 is 0 Å². The van der Waals surface area contributed by atoms with Crippen LogP contribution in [-0.2, 0) is 6.54 Å². The van der Waals surface area contributed by atoms with Gasteiger partial charge in [0.15, 0.2) is 17.3 Å². The molecule has 146 valence electrons. The van der Waals surface area contributed by atoms with Crippen LogP contribution in [0.1, 0.15) is 30.9 Å². The van der Waals surface area contributed by atoms with Gasteiger partial charge in [-0.15, -0.1) is 5.10 Å². The molecule has 0 aliphatic carbocycles. The third-order valence-electron chi connectivity index (χ3n) is 4.30. The first-order valence-corrected chi connectivity index (χ1v) is 9.11. The van der Waals surface area contributed by atoms with Crippen LogP contribution in [0, 0.1) is 0 Å². The van der Waals surface area contributed by atoms with Gasteiger partial charge in [0, 0.05) is 12.2 Å². The molecule has 0 aliphatic rings. The molecule has 0 saturated carbocycles. The number of ether oxygens (including phenoxy) is 2. The van der Waals surface area contributed by atoms with Crippen LogP contribution in [0.5, 0.6) is 11.5 Å². The molecule has 1 heterocycles. The minimum Gasteiger partial charge on any atom is -0.493 e. The maximum atomic E-state index is 5.34. The lowest BCUT2D eigenvalue weighted by atomic mass is 10.0. The van der Waals surface area contributed by atoms with Crippen molar-refractivity contribution < 1.29 is 9.47 Å². The zero-order chi connectivity index (χ0) is 19.9. The normalized spacial score (nSPS) is 10.6. The van der Waals surface area contributed by atoms with Crippen LogP contribution < -0.4 is 20.1 Å². The molecule has 1 aromatic heterocycles. The van der Waals surface area contributed by atoms with E-state index in [0.717, 1.165) is 11.3 Å². The first kappa shape index (κ1) is 19.4. The SMILES string of the molecule is COc1ccc(CNc2nncc(Nc3ccccc3C(C)C)n2)cc1OC. The van der Waals surface area contributed by atoms with E-state index in [1.807, 2.05) is 36.4 Å². The first-order valence-electron chi connectivity index (χ1n) is 9.11. The van der Waals surface area contributed by atoms with Gasteiger partial charge >= 0.3 is 0 Å². The highest BCUT2D eigenvalue weighted by atomic mass is 16.5. The summed E-state index contributed by atoms with van der Waals surface area (Å²) in [6.07, 6.45) is 1.61. The van der Waals surface area contributed by atoms with Crippen LogP contribution in [-0.4, -0.2) is 29.4 Å². The molecule has 2 aromatic carbocycles. The third-order valence-corrected chi connectivity index (χ3v) is 4.30. The second-order valence-electron chi connectivity index (χ2n) is 6.58. The Hall–Kier alpha value is -3.35. The zero-order valence-electron chi connectivity index (χ0n) is 16.6. The molecule has 0 unspecified atom stereocenters. The molecule has 3 aromatic rings. The maximum absolute atomic E-state index is 5.34. The lowest BCUT2D eigenvalue weighted by Crippen LogP contribution is -2.07. The maximum Gasteiger partial charge on any atom is 0.244 e. The average molecular weight is 379 g/mol. The van der Waals surface area contributed by atoms with E-state index in [-0.39, 0.29) is 0 Å². The summed E-state index contributed by atoms with van der Waals surface area (Å²) in [6.45, 7) is 4.86. The number of nitrogens with zero attached hydrogens (tertiary/aromatic N) is 3. The summed E-state index contributed by atoms with van der Waals surface area (Å²) < 4.78 is 10.6. The van der Waals surface area contributed by atoms with E-state index < -0.39 is 0 Å². The lowest BCUT2D eigenvalue weighted by molar-refractivity contribution is 0.354. The Morgan fingerprint density at radius 3 is 2.54 bits per heavy atom. The highest BCUT2D eigenvalue weighted by molar-refractivity contribution is 5.61. The standard InChI is InChI=1S/C21H25N5O2/c1-14(2)16-7-5-6-8-17(16)24-20-13-23-26-21(25-20)22-12-15-9-10-18(27-3)19(11-15)28-4/h5-11,13-14H,12H2,1-4H3,(H2,22,24,25,26). The minimum absolute atomic E-state index is 0.404. The van der Waals surface area contributed by atoms with Gasteiger partial charge in [0.1, 0.15) is 0 Å². The van der Waals surface area contributed by atoms with E-state index in [9.17, 15) is 0 Å². The molecule has 0 fully saturated rings. The van der Waals surface area contributed by atoms with Crippen molar-refractivity contribution in [3.8, 4) is 11.5 Å². The van der Waals surface area contributed by atoms with E-state index in [1.54, 1.807) is 20.4 Å². The molecule has 0 saturated heterocycles. The van der Waals surface area contributed by atoms with Gasteiger partial charge < -0.3 is 20.1 Å². The fraction of sp³-hybridized carbons (Fsp3) is 0.286. The molecule has 2 N–H and O–H groups in total. The van der Waals surface area contributed by atoms with E-state index >= 15 is 0 Å². The first-order chi connectivity index (χ1) is 13.6. The lowest BCUT2D eigenvalue weighted by Gasteiger charge is -2.14. The molecule has 3 rings (SSSR count). The smallest absolute Gasteiger partial charge is 0.244 e. The van der Waals surface area contributed by atoms with Gasteiger partial charge in [0.2, 0.25) is 5.95 Å². The molecular formula is C21H25N5O2. The van der Waals surface area contributed by atoms with Gasteiger partial charge in [-0.1, -0.05) is 38.1 Å². The van der Waals surface area contributed by atoms with Gasteiger partial charge in [-0.2, -0.15) is 10.1 Å². The molecule has 0 bridgehead atoms. The van der Waals surface area contributed by atoms with Crippen LogP contribution in [0.15, 0.2) is 48.7 Å². The van der Waals surface area contributed by atoms with Crippen molar-refractivity contribution in [1.29, 1.82) is 0 Å². The Labute approximate surface area is 165 Å². The summed E-state index contributed by atoms with van der Waals surface area (Å²) in [5.41, 5.74) is 3.26. The van der Waals surface area contributed by atoms with Crippen molar-refractivity contribution in [2.24, 2.45) is 0 Å². The number of rotatable bonds is 8. The van der Waals surface area contributed by atoms with Gasteiger partial charge in [0.25, 0.3) is 0 Å². The minimum atomic E-state index is 0.404. The van der Waals surface area contributed by atoms with E-state index in [1.165, 1.54) is 5.56 Å². The third kappa shape index (κ3) is 4.68. The number of benzene rings is 2. The number of methoxy groups -OCH3 is 2. The molecule has 7 heteroatoms. The van der Waals surface area contributed by atoms with Crippen LogP contribution in [0.4, 0.5) is 17.5 Å². The zero-order valence-corrected chi connectivity index (χ0v) is 16.6. The second kappa shape index (κ2) is 9.03. The number of hydrogen-bond acceptors (Lipinski definition) is 7. The molecule has 7 nitrogen and oxygen atoms in total. The molecule has 0 aliphatic heterocycles. The predicted molar refractivity (Wildman–Crippen MR) is 111 cm³/mol. The summed E-state index contributed by atoms with van der Waals surface area (Å²) in [6, 6.07) is 13.9. The second-order valence-corrected chi connectivity index (χ2v) is 6.58.